The van der Waals surface area contributed by atoms with Crippen LogP contribution in [0.2, 0.25) is 0 Å². The highest BCUT2D eigenvalue weighted by atomic mass is 16.5. The first-order chi connectivity index (χ1) is 8.63. The SMILES string of the molecule is COc1cccnc1NCC1(C)CCN(C)CC1. The van der Waals surface area contributed by atoms with Gasteiger partial charge in [0.1, 0.15) is 0 Å². The molecule has 1 aliphatic heterocycles. The van der Waals surface area contributed by atoms with Crippen molar-refractivity contribution in [1.82, 2.24) is 9.88 Å². The standard InChI is InChI=1S/C14H23N3O/c1-14(6-9-17(2)10-7-14)11-16-13-12(18-3)5-4-8-15-13/h4-5,8H,6-7,9-11H2,1-3H3,(H,15,16). The minimum Gasteiger partial charge on any atom is -0.493 e. The van der Waals surface area contributed by atoms with E-state index in [0.29, 0.717) is 5.41 Å². The van der Waals surface area contributed by atoms with E-state index in [2.05, 4.69) is 29.2 Å². The smallest absolute Gasteiger partial charge is 0.168 e. The molecule has 18 heavy (non-hydrogen) atoms. The fourth-order valence-electron chi connectivity index (χ4n) is 2.32. The normalized spacial score (nSPS) is 19.5. The van der Waals surface area contributed by atoms with Crippen molar-refractivity contribution in [3.05, 3.63) is 18.3 Å². The van der Waals surface area contributed by atoms with Crippen molar-refractivity contribution in [2.75, 3.05) is 39.1 Å². The number of hydrogen-bond acceptors (Lipinski definition) is 4. The summed E-state index contributed by atoms with van der Waals surface area (Å²) in [4.78, 5) is 6.73. The summed E-state index contributed by atoms with van der Waals surface area (Å²) in [5.41, 5.74) is 0.356. The molecular formula is C14H23N3O. The molecule has 4 heteroatoms. The maximum absolute atomic E-state index is 5.30. The van der Waals surface area contributed by atoms with Gasteiger partial charge < -0.3 is 15.0 Å². The Hall–Kier alpha value is -1.29. The number of anilines is 1. The average Bonchev–Trinajstić information content (AvgIpc) is 2.41. The van der Waals surface area contributed by atoms with E-state index in [1.54, 1.807) is 13.3 Å². The number of nitrogens with zero attached hydrogens (tertiary/aromatic N) is 2. The molecule has 0 spiro atoms. The Morgan fingerprint density at radius 1 is 1.44 bits per heavy atom. The third-order valence-electron chi connectivity index (χ3n) is 3.87. The lowest BCUT2D eigenvalue weighted by Gasteiger charge is -2.38. The molecule has 0 unspecified atom stereocenters. The van der Waals surface area contributed by atoms with Gasteiger partial charge in [0.2, 0.25) is 0 Å². The largest absolute Gasteiger partial charge is 0.493 e. The number of aromatic nitrogens is 1. The van der Waals surface area contributed by atoms with Crippen molar-refractivity contribution in [3.63, 3.8) is 0 Å². The fraction of sp³-hybridized carbons (Fsp3) is 0.643. The Balaban J connectivity index is 1.94. The van der Waals surface area contributed by atoms with E-state index in [9.17, 15) is 0 Å². The quantitative estimate of drug-likeness (QED) is 0.888. The van der Waals surface area contributed by atoms with E-state index in [1.807, 2.05) is 12.1 Å². The van der Waals surface area contributed by atoms with E-state index in [-0.39, 0.29) is 0 Å². The number of likely N-dealkylation sites (tertiary alicyclic amines) is 1. The van der Waals surface area contributed by atoms with Gasteiger partial charge >= 0.3 is 0 Å². The Bertz CT molecular complexity index is 386. The van der Waals surface area contributed by atoms with E-state index in [0.717, 1.165) is 18.1 Å². The van der Waals surface area contributed by atoms with E-state index < -0.39 is 0 Å². The molecule has 0 bridgehead atoms. The second-order valence-electron chi connectivity index (χ2n) is 5.52. The predicted molar refractivity (Wildman–Crippen MR) is 74.1 cm³/mol. The van der Waals surface area contributed by atoms with Crippen LogP contribution in [-0.2, 0) is 0 Å². The lowest BCUT2D eigenvalue weighted by Crippen LogP contribution is -2.40. The topological polar surface area (TPSA) is 37.4 Å². The van der Waals surface area contributed by atoms with Crippen LogP contribution in [0.4, 0.5) is 5.82 Å². The summed E-state index contributed by atoms with van der Waals surface area (Å²) in [5, 5.41) is 3.43. The highest BCUT2D eigenvalue weighted by Gasteiger charge is 2.28. The Kier molecular flexibility index (Phi) is 4.07. The first-order valence-electron chi connectivity index (χ1n) is 6.54. The van der Waals surface area contributed by atoms with E-state index >= 15 is 0 Å². The average molecular weight is 249 g/mol. The minimum absolute atomic E-state index is 0.356. The van der Waals surface area contributed by atoms with Crippen LogP contribution in [-0.4, -0.2) is 43.7 Å². The van der Waals surface area contributed by atoms with Crippen molar-refractivity contribution >= 4 is 5.82 Å². The molecule has 1 aromatic rings. The summed E-state index contributed by atoms with van der Waals surface area (Å²) in [7, 11) is 3.87. The Morgan fingerprint density at radius 2 is 2.17 bits per heavy atom. The molecule has 0 radical (unpaired) electrons. The number of ether oxygens (including phenoxy) is 1. The van der Waals surface area contributed by atoms with Gasteiger partial charge in [-0.3, -0.25) is 0 Å². The van der Waals surface area contributed by atoms with Crippen molar-refractivity contribution in [2.45, 2.75) is 19.8 Å². The third kappa shape index (κ3) is 3.13. The molecule has 0 amide bonds. The molecule has 1 aromatic heterocycles. The zero-order valence-electron chi connectivity index (χ0n) is 11.6. The van der Waals surface area contributed by atoms with E-state index in [1.165, 1.54) is 25.9 Å². The number of piperidine rings is 1. The molecule has 0 atom stereocenters. The van der Waals surface area contributed by atoms with Crippen LogP contribution in [0.3, 0.4) is 0 Å². The summed E-state index contributed by atoms with van der Waals surface area (Å²) in [5.74, 6) is 1.66. The molecule has 1 saturated heterocycles. The van der Waals surface area contributed by atoms with Gasteiger partial charge in [-0.2, -0.15) is 0 Å². The number of rotatable bonds is 4. The molecule has 0 aliphatic carbocycles. The van der Waals surface area contributed by atoms with Gasteiger partial charge in [0.25, 0.3) is 0 Å². The molecule has 1 aliphatic rings. The van der Waals surface area contributed by atoms with Crippen molar-refractivity contribution in [1.29, 1.82) is 0 Å². The van der Waals surface area contributed by atoms with Crippen LogP contribution < -0.4 is 10.1 Å². The van der Waals surface area contributed by atoms with Crippen LogP contribution >= 0.6 is 0 Å². The van der Waals surface area contributed by atoms with Gasteiger partial charge in [-0.25, -0.2) is 4.98 Å². The van der Waals surface area contributed by atoms with Crippen molar-refractivity contribution in [2.24, 2.45) is 5.41 Å². The third-order valence-corrected chi connectivity index (χ3v) is 3.87. The molecular weight excluding hydrogens is 226 g/mol. The molecule has 0 saturated carbocycles. The first kappa shape index (κ1) is 13.1. The number of methoxy groups -OCH3 is 1. The monoisotopic (exact) mass is 249 g/mol. The Labute approximate surface area is 109 Å². The molecule has 2 rings (SSSR count). The van der Waals surface area contributed by atoms with Gasteiger partial charge in [-0.15, -0.1) is 0 Å². The van der Waals surface area contributed by atoms with Crippen molar-refractivity contribution in [3.8, 4) is 5.75 Å². The molecule has 2 heterocycles. The first-order valence-corrected chi connectivity index (χ1v) is 6.54. The highest BCUT2D eigenvalue weighted by Crippen LogP contribution is 2.31. The zero-order valence-corrected chi connectivity index (χ0v) is 11.6. The summed E-state index contributed by atoms with van der Waals surface area (Å²) in [6, 6.07) is 3.83. The lowest BCUT2D eigenvalue weighted by molar-refractivity contribution is 0.150. The maximum Gasteiger partial charge on any atom is 0.168 e. The van der Waals surface area contributed by atoms with Gasteiger partial charge in [0.15, 0.2) is 11.6 Å². The minimum atomic E-state index is 0.356. The van der Waals surface area contributed by atoms with Gasteiger partial charge in [-0.05, 0) is 50.5 Å². The molecule has 1 fully saturated rings. The highest BCUT2D eigenvalue weighted by molar-refractivity contribution is 5.49. The van der Waals surface area contributed by atoms with Crippen LogP contribution in [0.25, 0.3) is 0 Å². The summed E-state index contributed by atoms with van der Waals surface area (Å²) >= 11 is 0. The Morgan fingerprint density at radius 3 is 2.83 bits per heavy atom. The second kappa shape index (κ2) is 5.57. The molecule has 4 nitrogen and oxygen atoms in total. The zero-order chi connectivity index (χ0) is 13.0. The van der Waals surface area contributed by atoms with Gasteiger partial charge in [-0.1, -0.05) is 6.92 Å². The summed E-state index contributed by atoms with van der Waals surface area (Å²) in [6.07, 6.45) is 4.25. The summed E-state index contributed by atoms with van der Waals surface area (Å²) < 4.78 is 5.30. The van der Waals surface area contributed by atoms with Crippen LogP contribution in [0.15, 0.2) is 18.3 Å². The summed E-state index contributed by atoms with van der Waals surface area (Å²) in [6.45, 7) is 5.66. The van der Waals surface area contributed by atoms with Crippen LogP contribution in [0.5, 0.6) is 5.75 Å². The van der Waals surface area contributed by atoms with Crippen LogP contribution in [0, 0.1) is 5.41 Å². The van der Waals surface area contributed by atoms with Crippen LogP contribution in [0.1, 0.15) is 19.8 Å². The predicted octanol–water partition coefficient (Wildman–Crippen LogP) is 2.23. The molecule has 0 aromatic carbocycles. The number of pyridine rings is 1. The molecule has 1 N–H and O–H groups in total. The van der Waals surface area contributed by atoms with Crippen molar-refractivity contribution < 1.29 is 4.74 Å². The van der Waals surface area contributed by atoms with Gasteiger partial charge in [0.05, 0.1) is 7.11 Å². The van der Waals surface area contributed by atoms with E-state index in [4.69, 9.17) is 4.74 Å². The fourth-order valence-corrected chi connectivity index (χ4v) is 2.32. The number of hydrogen-bond donors (Lipinski definition) is 1. The lowest BCUT2D eigenvalue weighted by atomic mass is 9.80. The maximum atomic E-state index is 5.30. The molecule has 100 valence electrons. The second-order valence-corrected chi connectivity index (χ2v) is 5.52. The number of nitrogens with one attached hydrogen (secondary N) is 1. The van der Waals surface area contributed by atoms with Gasteiger partial charge in [0, 0.05) is 12.7 Å².